The fraction of sp³-hybridized carbons (Fsp3) is 0.400. The molecule has 1 atom stereocenters. The fourth-order valence-electron chi connectivity index (χ4n) is 1.26. The van der Waals surface area contributed by atoms with Gasteiger partial charge in [-0.2, -0.15) is 5.26 Å². The van der Waals surface area contributed by atoms with Crippen molar-refractivity contribution < 1.29 is 4.79 Å². The molecule has 0 aliphatic heterocycles. The molecular weight excluding hydrogens is 150 g/mol. The summed E-state index contributed by atoms with van der Waals surface area (Å²) < 4.78 is 0. The van der Waals surface area contributed by atoms with Gasteiger partial charge in [0.05, 0.1) is 6.07 Å². The molecule has 0 radical (unpaired) electrons. The molecule has 2 nitrogen and oxygen atoms in total. The lowest BCUT2D eigenvalue weighted by Crippen LogP contribution is -2.12. The Bertz CT molecular complexity index is 281. The monoisotopic (exact) mass is 161 g/mol. The van der Waals surface area contributed by atoms with Crippen LogP contribution in [0.25, 0.3) is 0 Å². The zero-order chi connectivity index (χ0) is 8.97. The number of carbonyl (C=O) groups excluding carboxylic acids is 1. The van der Waals surface area contributed by atoms with Crippen LogP contribution < -0.4 is 0 Å². The molecule has 12 heavy (non-hydrogen) atoms. The first-order valence-electron chi connectivity index (χ1n) is 4.11. The van der Waals surface area contributed by atoms with Gasteiger partial charge in [0.2, 0.25) is 0 Å². The van der Waals surface area contributed by atoms with Gasteiger partial charge in [0.1, 0.15) is 0 Å². The van der Waals surface area contributed by atoms with E-state index in [0.29, 0.717) is 5.57 Å². The number of ketones is 1. The fourth-order valence-corrected chi connectivity index (χ4v) is 1.26. The molecule has 0 spiro atoms. The summed E-state index contributed by atoms with van der Waals surface area (Å²) in [5.41, 5.74) is 0.605. The molecule has 0 aromatic rings. The maximum atomic E-state index is 11.2. The lowest BCUT2D eigenvalue weighted by molar-refractivity contribution is -0.117. The molecule has 0 aromatic carbocycles. The second kappa shape index (κ2) is 3.87. The minimum absolute atomic E-state index is 0.0605. The molecule has 0 saturated carbocycles. The third-order valence-electron chi connectivity index (χ3n) is 1.90. The van der Waals surface area contributed by atoms with E-state index >= 15 is 0 Å². The van der Waals surface area contributed by atoms with Gasteiger partial charge in [-0.15, -0.1) is 0 Å². The topological polar surface area (TPSA) is 40.9 Å². The molecule has 62 valence electrons. The Morgan fingerprint density at radius 3 is 2.92 bits per heavy atom. The molecule has 0 saturated heterocycles. The minimum atomic E-state index is -0.0605. The highest BCUT2D eigenvalue weighted by atomic mass is 16.1. The number of hydrogen-bond donors (Lipinski definition) is 0. The molecule has 2 heteroatoms. The first-order valence-corrected chi connectivity index (χ1v) is 4.11. The second-order valence-electron chi connectivity index (χ2n) is 2.86. The van der Waals surface area contributed by atoms with Crippen molar-refractivity contribution in [2.24, 2.45) is 5.92 Å². The number of nitriles is 1. The average Bonchev–Trinajstić information content (AvgIpc) is 2.09. The van der Waals surface area contributed by atoms with E-state index in [-0.39, 0.29) is 11.7 Å². The molecule has 1 aliphatic carbocycles. The Hall–Kier alpha value is -1.36. The number of nitrogens with zero attached hydrogens (tertiary/aromatic N) is 1. The van der Waals surface area contributed by atoms with Crippen molar-refractivity contribution >= 4 is 5.78 Å². The summed E-state index contributed by atoms with van der Waals surface area (Å²) in [6.07, 6.45) is 6.65. The maximum Gasteiger partial charge on any atom is 0.162 e. The third-order valence-corrected chi connectivity index (χ3v) is 1.90. The predicted octanol–water partition coefficient (Wildman–Crippen LogP) is 1.99. The summed E-state index contributed by atoms with van der Waals surface area (Å²) in [7, 11) is 0. The van der Waals surface area contributed by atoms with E-state index in [2.05, 4.69) is 0 Å². The molecule has 1 rings (SSSR count). The highest BCUT2D eigenvalue weighted by molar-refractivity contribution is 5.95. The lowest BCUT2D eigenvalue weighted by atomic mass is 9.92. The SMILES string of the molecule is CCCC1C=C(C#N)C=CC1=O. The van der Waals surface area contributed by atoms with Gasteiger partial charge >= 0.3 is 0 Å². The second-order valence-corrected chi connectivity index (χ2v) is 2.86. The van der Waals surface area contributed by atoms with E-state index < -0.39 is 0 Å². The highest BCUT2D eigenvalue weighted by Crippen LogP contribution is 2.17. The van der Waals surface area contributed by atoms with E-state index in [9.17, 15) is 4.79 Å². The van der Waals surface area contributed by atoms with Crippen molar-refractivity contribution in [3.05, 3.63) is 23.8 Å². The van der Waals surface area contributed by atoms with Gasteiger partial charge in [-0.25, -0.2) is 0 Å². The van der Waals surface area contributed by atoms with Crippen LogP contribution in [0.2, 0.25) is 0 Å². The normalized spacial score (nSPS) is 21.8. The summed E-state index contributed by atoms with van der Waals surface area (Å²) in [5.74, 6) is 0.0606. The molecule has 0 bridgehead atoms. The Morgan fingerprint density at radius 2 is 2.33 bits per heavy atom. The molecule has 1 aliphatic rings. The first kappa shape index (κ1) is 8.73. The summed E-state index contributed by atoms with van der Waals surface area (Å²) in [6, 6.07) is 2.03. The molecule has 0 aromatic heterocycles. The van der Waals surface area contributed by atoms with Crippen LogP contribution in [-0.2, 0) is 4.79 Å². The van der Waals surface area contributed by atoms with Crippen LogP contribution in [0, 0.1) is 17.2 Å². The van der Waals surface area contributed by atoms with Gasteiger partial charge in [0.15, 0.2) is 5.78 Å². The number of allylic oxidation sites excluding steroid dienone is 4. The summed E-state index contributed by atoms with van der Waals surface area (Å²) in [5, 5.41) is 8.58. The maximum absolute atomic E-state index is 11.2. The molecule has 0 heterocycles. The highest BCUT2D eigenvalue weighted by Gasteiger charge is 2.16. The van der Waals surface area contributed by atoms with Crippen molar-refractivity contribution in [1.29, 1.82) is 5.26 Å². The van der Waals surface area contributed by atoms with Crippen LogP contribution >= 0.6 is 0 Å². The van der Waals surface area contributed by atoms with Crippen molar-refractivity contribution in [3.63, 3.8) is 0 Å². The van der Waals surface area contributed by atoms with Crippen LogP contribution in [0.15, 0.2) is 23.8 Å². The van der Waals surface area contributed by atoms with Crippen molar-refractivity contribution in [1.82, 2.24) is 0 Å². The van der Waals surface area contributed by atoms with Crippen LogP contribution in [0.5, 0.6) is 0 Å². The Balaban J connectivity index is 2.75. The summed E-state index contributed by atoms with van der Waals surface area (Å²) in [6.45, 7) is 2.03. The Morgan fingerprint density at radius 1 is 1.58 bits per heavy atom. The summed E-state index contributed by atoms with van der Waals surface area (Å²) in [4.78, 5) is 11.2. The van der Waals surface area contributed by atoms with Crippen molar-refractivity contribution in [2.45, 2.75) is 19.8 Å². The largest absolute Gasteiger partial charge is 0.294 e. The van der Waals surface area contributed by atoms with E-state index in [1.165, 1.54) is 6.08 Å². The van der Waals surface area contributed by atoms with Crippen LogP contribution in [0.4, 0.5) is 0 Å². The van der Waals surface area contributed by atoms with E-state index in [1.807, 2.05) is 13.0 Å². The number of carbonyl (C=O) groups is 1. The molecular formula is C10H11NO. The predicted molar refractivity (Wildman–Crippen MR) is 46.2 cm³/mol. The smallest absolute Gasteiger partial charge is 0.162 e. The zero-order valence-corrected chi connectivity index (χ0v) is 7.08. The van der Waals surface area contributed by atoms with Gasteiger partial charge in [-0.3, -0.25) is 4.79 Å². The standard InChI is InChI=1S/C10H11NO/c1-2-3-9-6-8(7-11)4-5-10(9)12/h4-6,9H,2-3H2,1H3. The van der Waals surface area contributed by atoms with Crippen LogP contribution in [-0.4, -0.2) is 5.78 Å². The van der Waals surface area contributed by atoms with Gasteiger partial charge < -0.3 is 0 Å². The third kappa shape index (κ3) is 1.82. The van der Waals surface area contributed by atoms with Gasteiger partial charge in [-0.05, 0) is 18.6 Å². The van der Waals surface area contributed by atoms with Crippen molar-refractivity contribution in [3.8, 4) is 6.07 Å². The Kier molecular flexibility index (Phi) is 2.82. The molecule has 1 unspecified atom stereocenters. The van der Waals surface area contributed by atoms with E-state index in [0.717, 1.165) is 12.8 Å². The quantitative estimate of drug-likeness (QED) is 0.621. The van der Waals surface area contributed by atoms with Crippen molar-refractivity contribution in [2.75, 3.05) is 0 Å². The van der Waals surface area contributed by atoms with Gasteiger partial charge in [0, 0.05) is 11.5 Å². The van der Waals surface area contributed by atoms with Crippen LogP contribution in [0.3, 0.4) is 0 Å². The molecule has 0 fully saturated rings. The van der Waals surface area contributed by atoms with E-state index in [4.69, 9.17) is 5.26 Å². The average molecular weight is 161 g/mol. The number of hydrogen-bond acceptors (Lipinski definition) is 2. The summed E-state index contributed by atoms with van der Waals surface area (Å²) >= 11 is 0. The minimum Gasteiger partial charge on any atom is -0.294 e. The number of rotatable bonds is 2. The molecule has 0 amide bonds. The zero-order valence-electron chi connectivity index (χ0n) is 7.08. The van der Waals surface area contributed by atoms with Gasteiger partial charge in [0.25, 0.3) is 0 Å². The molecule has 0 N–H and O–H groups in total. The first-order chi connectivity index (χ1) is 5.77. The Labute approximate surface area is 72.2 Å². The van der Waals surface area contributed by atoms with E-state index in [1.54, 1.807) is 12.2 Å². The van der Waals surface area contributed by atoms with Crippen LogP contribution in [0.1, 0.15) is 19.8 Å². The van der Waals surface area contributed by atoms with Gasteiger partial charge in [-0.1, -0.05) is 19.4 Å². The lowest BCUT2D eigenvalue weighted by Gasteiger charge is -2.10.